The summed E-state index contributed by atoms with van der Waals surface area (Å²) in [5, 5.41) is 36.4. The Balaban J connectivity index is 2.74. The highest BCUT2D eigenvalue weighted by Crippen LogP contribution is 2.16. The zero-order chi connectivity index (χ0) is 10.7. The zero-order valence-corrected chi connectivity index (χ0v) is 8.03. The summed E-state index contributed by atoms with van der Waals surface area (Å²) in [7, 11) is 0. The largest absolute Gasteiger partial charge is 0.394 e. The molecule has 1 aromatic rings. The molecule has 0 saturated heterocycles. The molecule has 0 unspecified atom stereocenters. The summed E-state index contributed by atoms with van der Waals surface area (Å²) < 4.78 is 0.310. The topological polar surface area (TPSA) is 112 Å². The third kappa shape index (κ3) is 2.40. The highest BCUT2D eigenvalue weighted by molar-refractivity contribution is 7.71. The van der Waals surface area contributed by atoms with Crippen LogP contribution in [0.25, 0.3) is 0 Å². The molecule has 0 amide bonds. The van der Waals surface area contributed by atoms with Gasteiger partial charge in [-0.3, -0.25) is 0 Å². The van der Waals surface area contributed by atoms with E-state index in [9.17, 15) is 10.2 Å². The molecule has 0 saturated carbocycles. The fourth-order valence-electron chi connectivity index (χ4n) is 1.01. The minimum Gasteiger partial charge on any atom is -0.394 e. The van der Waals surface area contributed by atoms with Crippen LogP contribution in [0.3, 0.4) is 0 Å². The predicted octanol–water partition coefficient (Wildman–Crippen LogP) is -1.18. The van der Waals surface area contributed by atoms with Crippen molar-refractivity contribution in [3.63, 3.8) is 0 Å². The number of hydrogen-bond acceptors (Lipinski definition) is 5. The number of aromatic nitrogens is 2. The summed E-state index contributed by atoms with van der Waals surface area (Å²) in [4.78, 5) is 5.20. The van der Waals surface area contributed by atoms with Crippen molar-refractivity contribution < 1.29 is 20.4 Å². The van der Waals surface area contributed by atoms with Gasteiger partial charge < -0.3 is 30.4 Å². The van der Waals surface area contributed by atoms with Gasteiger partial charge in [0.05, 0.1) is 12.3 Å². The van der Waals surface area contributed by atoms with Gasteiger partial charge in [0.15, 0.2) is 4.77 Å². The number of H-pyrrole nitrogens is 2. The van der Waals surface area contributed by atoms with Gasteiger partial charge in [0, 0.05) is 6.20 Å². The Labute approximate surface area is 84.9 Å². The zero-order valence-electron chi connectivity index (χ0n) is 7.21. The summed E-state index contributed by atoms with van der Waals surface area (Å²) in [5.41, 5.74) is 0.259. The van der Waals surface area contributed by atoms with E-state index >= 15 is 0 Å². The normalized spacial score (nSPS) is 17.7. The van der Waals surface area contributed by atoms with Crippen LogP contribution in [-0.2, 0) is 0 Å². The maximum Gasteiger partial charge on any atom is 0.174 e. The fourth-order valence-corrected chi connectivity index (χ4v) is 1.19. The van der Waals surface area contributed by atoms with Gasteiger partial charge in [0.1, 0.15) is 18.3 Å². The van der Waals surface area contributed by atoms with Gasteiger partial charge in [-0.15, -0.1) is 0 Å². The van der Waals surface area contributed by atoms with Gasteiger partial charge in [0.2, 0.25) is 0 Å². The molecule has 0 aliphatic heterocycles. The van der Waals surface area contributed by atoms with E-state index in [0.717, 1.165) is 0 Å². The van der Waals surface area contributed by atoms with E-state index in [1.54, 1.807) is 0 Å². The molecule has 3 atom stereocenters. The average Bonchev–Trinajstić information content (AvgIpc) is 2.61. The van der Waals surface area contributed by atoms with Crippen molar-refractivity contribution in [3.8, 4) is 0 Å². The highest BCUT2D eigenvalue weighted by atomic mass is 32.1. The number of aliphatic hydroxyl groups is 4. The molecule has 7 heteroatoms. The molecule has 0 fully saturated rings. The first-order valence-corrected chi connectivity index (χ1v) is 4.39. The lowest BCUT2D eigenvalue weighted by atomic mass is 10.1. The monoisotopic (exact) mass is 220 g/mol. The molecular formula is C7H12N2O4S. The van der Waals surface area contributed by atoms with Gasteiger partial charge in [-0.2, -0.15) is 0 Å². The maximum absolute atomic E-state index is 9.49. The number of hydrogen-bond donors (Lipinski definition) is 6. The molecule has 80 valence electrons. The SMILES string of the molecule is OC[C@@H](O)[C@@H](O)[C@H](O)c1c[nH]c(=S)[nH]1. The molecule has 0 aromatic carbocycles. The smallest absolute Gasteiger partial charge is 0.174 e. The van der Waals surface area contributed by atoms with Crippen molar-refractivity contribution in [2.45, 2.75) is 18.3 Å². The van der Waals surface area contributed by atoms with E-state index in [0.29, 0.717) is 4.77 Å². The Kier molecular flexibility index (Phi) is 3.78. The Hall–Kier alpha value is -0.730. The maximum atomic E-state index is 9.49. The Bertz CT molecular complexity index is 336. The molecule has 0 bridgehead atoms. The molecule has 0 aliphatic rings. The molecule has 6 nitrogen and oxygen atoms in total. The Morgan fingerprint density at radius 3 is 2.43 bits per heavy atom. The molecule has 14 heavy (non-hydrogen) atoms. The number of aliphatic hydroxyl groups excluding tert-OH is 4. The molecule has 1 rings (SSSR count). The molecule has 1 heterocycles. The van der Waals surface area contributed by atoms with Crippen molar-refractivity contribution in [2.24, 2.45) is 0 Å². The second kappa shape index (κ2) is 4.67. The first-order valence-electron chi connectivity index (χ1n) is 3.99. The third-order valence-corrected chi connectivity index (χ3v) is 2.06. The van der Waals surface area contributed by atoms with Crippen LogP contribution in [0.2, 0.25) is 0 Å². The Morgan fingerprint density at radius 2 is 2.00 bits per heavy atom. The summed E-state index contributed by atoms with van der Waals surface area (Å²) in [5.74, 6) is 0. The first kappa shape index (κ1) is 11.3. The number of nitrogens with one attached hydrogen (secondary N) is 2. The van der Waals surface area contributed by atoms with Crippen molar-refractivity contribution in [1.29, 1.82) is 0 Å². The van der Waals surface area contributed by atoms with Crippen LogP contribution < -0.4 is 0 Å². The molecule has 0 radical (unpaired) electrons. The lowest BCUT2D eigenvalue weighted by molar-refractivity contribution is -0.0788. The van der Waals surface area contributed by atoms with Crippen LogP contribution in [0, 0.1) is 4.77 Å². The van der Waals surface area contributed by atoms with Crippen molar-refractivity contribution in [3.05, 3.63) is 16.7 Å². The second-order valence-electron chi connectivity index (χ2n) is 2.88. The van der Waals surface area contributed by atoms with Gasteiger partial charge in [-0.05, 0) is 12.2 Å². The van der Waals surface area contributed by atoms with E-state index in [4.69, 9.17) is 22.4 Å². The quantitative estimate of drug-likeness (QED) is 0.358. The van der Waals surface area contributed by atoms with E-state index < -0.39 is 24.9 Å². The lowest BCUT2D eigenvalue weighted by Gasteiger charge is -2.20. The van der Waals surface area contributed by atoms with Crippen LogP contribution in [0.1, 0.15) is 11.8 Å². The van der Waals surface area contributed by atoms with Crippen LogP contribution in [0.4, 0.5) is 0 Å². The molecular weight excluding hydrogens is 208 g/mol. The van der Waals surface area contributed by atoms with Crippen LogP contribution in [0.5, 0.6) is 0 Å². The Morgan fingerprint density at radius 1 is 1.36 bits per heavy atom. The number of aromatic amines is 2. The lowest BCUT2D eigenvalue weighted by Crippen LogP contribution is -2.34. The van der Waals surface area contributed by atoms with E-state index in [-0.39, 0.29) is 5.69 Å². The molecule has 0 aliphatic carbocycles. The van der Waals surface area contributed by atoms with Crippen LogP contribution in [0.15, 0.2) is 6.20 Å². The summed E-state index contributed by atoms with van der Waals surface area (Å²) in [6, 6.07) is 0. The van der Waals surface area contributed by atoms with Gasteiger partial charge in [-0.25, -0.2) is 0 Å². The minimum absolute atomic E-state index is 0.259. The number of rotatable bonds is 4. The van der Waals surface area contributed by atoms with E-state index in [2.05, 4.69) is 9.97 Å². The number of imidazole rings is 1. The van der Waals surface area contributed by atoms with Gasteiger partial charge in [-0.1, -0.05) is 0 Å². The standard InChI is InChI=1S/C7H12N2O4S/c10-2-4(11)6(13)5(12)3-1-8-7(14)9-3/h1,4-6,10-13H,2H2,(H2,8,9,14)/t4-,5-,6-/m1/s1. The van der Waals surface area contributed by atoms with Crippen LogP contribution >= 0.6 is 12.2 Å². The summed E-state index contributed by atoms with van der Waals surface area (Å²) in [6.07, 6.45) is -2.77. The first-order chi connectivity index (χ1) is 6.56. The third-order valence-electron chi connectivity index (χ3n) is 1.84. The molecule has 6 N–H and O–H groups in total. The second-order valence-corrected chi connectivity index (χ2v) is 3.29. The fraction of sp³-hybridized carbons (Fsp3) is 0.571. The van der Waals surface area contributed by atoms with Crippen molar-refractivity contribution in [1.82, 2.24) is 9.97 Å². The van der Waals surface area contributed by atoms with Crippen molar-refractivity contribution in [2.75, 3.05) is 6.61 Å². The van der Waals surface area contributed by atoms with E-state index in [1.807, 2.05) is 0 Å². The highest BCUT2D eigenvalue weighted by Gasteiger charge is 2.26. The van der Waals surface area contributed by atoms with E-state index in [1.165, 1.54) is 6.20 Å². The predicted molar refractivity (Wildman–Crippen MR) is 50.0 cm³/mol. The van der Waals surface area contributed by atoms with Gasteiger partial charge in [0.25, 0.3) is 0 Å². The molecule has 0 spiro atoms. The summed E-state index contributed by atoms with van der Waals surface area (Å²) in [6.45, 7) is -0.622. The summed E-state index contributed by atoms with van der Waals surface area (Å²) >= 11 is 4.72. The van der Waals surface area contributed by atoms with Crippen LogP contribution in [-0.4, -0.2) is 49.2 Å². The van der Waals surface area contributed by atoms with Gasteiger partial charge >= 0.3 is 0 Å². The van der Waals surface area contributed by atoms with Crippen molar-refractivity contribution >= 4 is 12.2 Å². The minimum atomic E-state index is -1.46. The average molecular weight is 220 g/mol. The molecule has 1 aromatic heterocycles.